The zero-order chi connectivity index (χ0) is 13.9. The highest BCUT2D eigenvalue weighted by Gasteiger charge is 2.20. The summed E-state index contributed by atoms with van der Waals surface area (Å²) in [6.07, 6.45) is 1.27. The summed E-state index contributed by atoms with van der Waals surface area (Å²) in [6.45, 7) is 6.62. The van der Waals surface area contributed by atoms with Crippen LogP contribution in [0.3, 0.4) is 0 Å². The third-order valence-corrected chi connectivity index (χ3v) is 4.24. The zero-order valence-corrected chi connectivity index (χ0v) is 12.0. The highest BCUT2D eigenvalue weighted by atomic mass is 15.1. The minimum Gasteiger partial charge on any atom is -0.306 e. The van der Waals surface area contributed by atoms with Crippen molar-refractivity contribution in [1.82, 2.24) is 4.90 Å². The molecule has 20 heavy (non-hydrogen) atoms. The van der Waals surface area contributed by atoms with E-state index in [-0.39, 0.29) is 0 Å². The first-order chi connectivity index (χ1) is 9.74. The summed E-state index contributed by atoms with van der Waals surface area (Å²) >= 11 is 0. The van der Waals surface area contributed by atoms with E-state index in [9.17, 15) is 0 Å². The molecular weight excluding hydrogens is 242 g/mol. The van der Waals surface area contributed by atoms with Crippen LogP contribution in [0.2, 0.25) is 0 Å². The molecule has 1 aliphatic heterocycles. The van der Waals surface area contributed by atoms with Crippen LogP contribution in [0.25, 0.3) is 5.57 Å². The van der Waals surface area contributed by atoms with Crippen LogP contribution in [0.5, 0.6) is 0 Å². The molecule has 0 aromatic heterocycles. The number of nitrogens with zero attached hydrogens (tertiary/aromatic N) is 1. The standard InChI is InChI=1S/C19H21N/c1-15(16-6-4-3-5-7-16)17-8-10-18(11-9-17)19-12-13-20(2)14-19/h3-11,19H,1,12-14H2,2H3. The van der Waals surface area contributed by atoms with Crippen LogP contribution in [0.1, 0.15) is 29.0 Å². The van der Waals surface area contributed by atoms with Crippen LogP contribution in [-0.2, 0) is 0 Å². The summed E-state index contributed by atoms with van der Waals surface area (Å²) in [7, 11) is 2.20. The van der Waals surface area contributed by atoms with Gasteiger partial charge in [0.25, 0.3) is 0 Å². The molecule has 0 N–H and O–H groups in total. The molecule has 1 aliphatic rings. The summed E-state index contributed by atoms with van der Waals surface area (Å²) in [4.78, 5) is 2.40. The lowest BCUT2D eigenvalue weighted by molar-refractivity contribution is 0.411. The first-order valence-electron chi connectivity index (χ1n) is 7.27. The van der Waals surface area contributed by atoms with Crippen molar-refractivity contribution in [2.75, 3.05) is 20.1 Å². The van der Waals surface area contributed by atoms with Gasteiger partial charge >= 0.3 is 0 Å². The van der Waals surface area contributed by atoms with E-state index in [0.717, 1.165) is 5.57 Å². The number of rotatable bonds is 3. The third kappa shape index (κ3) is 2.68. The van der Waals surface area contributed by atoms with Gasteiger partial charge in [-0.05, 0) is 48.2 Å². The van der Waals surface area contributed by atoms with E-state index in [0.29, 0.717) is 5.92 Å². The molecule has 0 radical (unpaired) electrons. The van der Waals surface area contributed by atoms with Crippen molar-refractivity contribution in [1.29, 1.82) is 0 Å². The van der Waals surface area contributed by atoms with E-state index in [1.165, 1.54) is 36.2 Å². The average Bonchev–Trinajstić information content (AvgIpc) is 2.94. The Labute approximate surface area is 121 Å². The maximum atomic E-state index is 4.23. The second-order valence-electron chi connectivity index (χ2n) is 5.71. The largest absolute Gasteiger partial charge is 0.306 e. The monoisotopic (exact) mass is 263 g/mol. The molecule has 3 rings (SSSR count). The van der Waals surface area contributed by atoms with Crippen molar-refractivity contribution in [3.8, 4) is 0 Å². The van der Waals surface area contributed by atoms with Gasteiger partial charge in [-0.3, -0.25) is 0 Å². The summed E-state index contributed by atoms with van der Waals surface area (Å²) in [5.41, 5.74) is 4.96. The summed E-state index contributed by atoms with van der Waals surface area (Å²) in [6, 6.07) is 19.3. The maximum absolute atomic E-state index is 4.23. The zero-order valence-electron chi connectivity index (χ0n) is 12.0. The first-order valence-corrected chi connectivity index (χ1v) is 7.27. The Morgan fingerprint density at radius 2 is 1.65 bits per heavy atom. The van der Waals surface area contributed by atoms with Crippen LogP contribution in [-0.4, -0.2) is 25.0 Å². The van der Waals surface area contributed by atoms with E-state index >= 15 is 0 Å². The summed E-state index contributed by atoms with van der Waals surface area (Å²) in [5.74, 6) is 0.694. The number of likely N-dealkylation sites (tertiary alicyclic amines) is 1. The van der Waals surface area contributed by atoms with E-state index in [1.807, 2.05) is 6.07 Å². The molecule has 0 bridgehead atoms. The number of hydrogen-bond acceptors (Lipinski definition) is 1. The first kappa shape index (κ1) is 13.1. The van der Waals surface area contributed by atoms with E-state index in [2.05, 4.69) is 67.1 Å². The lowest BCUT2D eigenvalue weighted by atomic mass is 9.94. The molecule has 0 saturated carbocycles. The molecule has 102 valence electrons. The third-order valence-electron chi connectivity index (χ3n) is 4.24. The smallest absolute Gasteiger partial charge is 0.00477 e. The predicted octanol–water partition coefficient (Wildman–Crippen LogP) is 4.17. The summed E-state index contributed by atoms with van der Waals surface area (Å²) in [5, 5.41) is 0. The molecule has 1 unspecified atom stereocenters. The number of hydrogen-bond donors (Lipinski definition) is 0. The molecule has 1 atom stereocenters. The van der Waals surface area contributed by atoms with Gasteiger partial charge in [-0.2, -0.15) is 0 Å². The minimum absolute atomic E-state index is 0.694. The molecule has 2 aromatic rings. The van der Waals surface area contributed by atoms with Gasteiger partial charge in [-0.15, -0.1) is 0 Å². The SMILES string of the molecule is C=C(c1ccccc1)c1ccc(C2CCN(C)C2)cc1. The van der Waals surface area contributed by atoms with Crippen molar-refractivity contribution in [3.63, 3.8) is 0 Å². The average molecular weight is 263 g/mol. The molecule has 0 aliphatic carbocycles. The Morgan fingerprint density at radius 1 is 1.00 bits per heavy atom. The van der Waals surface area contributed by atoms with Gasteiger partial charge in [0.15, 0.2) is 0 Å². The van der Waals surface area contributed by atoms with Gasteiger partial charge in [0.05, 0.1) is 0 Å². The molecule has 1 saturated heterocycles. The lowest BCUT2D eigenvalue weighted by Gasteiger charge is -2.12. The van der Waals surface area contributed by atoms with E-state index in [1.54, 1.807) is 0 Å². The van der Waals surface area contributed by atoms with Crippen molar-refractivity contribution in [2.24, 2.45) is 0 Å². The van der Waals surface area contributed by atoms with Crippen molar-refractivity contribution in [2.45, 2.75) is 12.3 Å². The summed E-state index contributed by atoms with van der Waals surface area (Å²) < 4.78 is 0. The van der Waals surface area contributed by atoms with Gasteiger partial charge in [0, 0.05) is 6.54 Å². The number of benzene rings is 2. The minimum atomic E-state index is 0.694. The highest BCUT2D eigenvalue weighted by molar-refractivity contribution is 5.78. The second-order valence-corrected chi connectivity index (χ2v) is 5.71. The van der Waals surface area contributed by atoms with Crippen LogP contribution < -0.4 is 0 Å². The molecule has 0 spiro atoms. The Morgan fingerprint density at radius 3 is 2.25 bits per heavy atom. The topological polar surface area (TPSA) is 3.24 Å². The van der Waals surface area contributed by atoms with Crippen LogP contribution in [0.15, 0.2) is 61.2 Å². The Hall–Kier alpha value is -1.86. The predicted molar refractivity (Wildman–Crippen MR) is 85.9 cm³/mol. The van der Waals surface area contributed by atoms with Crippen molar-refractivity contribution in [3.05, 3.63) is 77.9 Å². The fourth-order valence-corrected chi connectivity index (χ4v) is 2.97. The Kier molecular flexibility index (Phi) is 3.70. The molecule has 1 fully saturated rings. The Balaban J connectivity index is 1.78. The molecule has 0 amide bonds. The fourth-order valence-electron chi connectivity index (χ4n) is 2.97. The van der Waals surface area contributed by atoms with Gasteiger partial charge < -0.3 is 4.90 Å². The molecule has 1 heteroatoms. The molecule has 1 heterocycles. The van der Waals surface area contributed by atoms with E-state index in [4.69, 9.17) is 0 Å². The van der Waals surface area contributed by atoms with Gasteiger partial charge in [-0.25, -0.2) is 0 Å². The van der Waals surface area contributed by atoms with Crippen molar-refractivity contribution >= 4 is 5.57 Å². The van der Waals surface area contributed by atoms with Crippen LogP contribution >= 0.6 is 0 Å². The highest BCUT2D eigenvalue weighted by Crippen LogP contribution is 2.28. The van der Waals surface area contributed by atoms with Gasteiger partial charge in [0.2, 0.25) is 0 Å². The normalized spacial score (nSPS) is 19.1. The van der Waals surface area contributed by atoms with Gasteiger partial charge in [-0.1, -0.05) is 61.2 Å². The Bertz CT molecular complexity index is 583. The molecular formula is C19H21N. The quantitative estimate of drug-likeness (QED) is 0.803. The lowest BCUT2D eigenvalue weighted by Crippen LogP contribution is -2.13. The maximum Gasteiger partial charge on any atom is 0.00477 e. The van der Waals surface area contributed by atoms with E-state index < -0.39 is 0 Å². The fraction of sp³-hybridized carbons (Fsp3) is 0.263. The van der Waals surface area contributed by atoms with Gasteiger partial charge in [0.1, 0.15) is 0 Å². The second kappa shape index (κ2) is 5.64. The number of likely N-dealkylation sites (N-methyl/N-ethyl adjacent to an activating group) is 1. The van der Waals surface area contributed by atoms with Crippen LogP contribution in [0.4, 0.5) is 0 Å². The van der Waals surface area contributed by atoms with Crippen molar-refractivity contribution < 1.29 is 0 Å². The van der Waals surface area contributed by atoms with Crippen LogP contribution in [0, 0.1) is 0 Å². The molecule has 2 aromatic carbocycles. The molecule has 1 nitrogen and oxygen atoms in total.